The number of aromatic nitrogens is 1. The Morgan fingerprint density at radius 1 is 1.75 bits per heavy atom. The van der Waals surface area contributed by atoms with Crippen LogP contribution in [0.1, 0.15) is 17.3 Å². The van der Waals surface area contributed by atoms with E-state index in [0.29, 0.717) is 10.8 Å². The maximum atomic E-state index is 10.7. The summed E-state index contributed by atoms with van der Waals surface area (Å²) in [6.45, 7) is 2.01. The molecular weight excluding hydrogens is 248 g/mol. The lowest BCUT2D eigenvalue weighted by atomic mass is 10.3. The van der Waals surface area contributed by atoms with Crippen LogP contribution >= 0.6 is 23.4 Å². The molecule has 2 N–H and O–H groups in total. The van der Waals surface area contributed by atoms with Gasteiger partial charge in [0.1, 0.15) is 5.82 Å². The fourth-order valence-electron chi connectivity index (χ4n) is 1.19. The summed E-state index contributed by atoms with van der Waals surface area (Å²) in [5.74, 6) is 0.421. The van der Waals surface area contributed by atoms with Crippen molar-refractivity contribution < 1.29 is 9.90 Å². The van der Waals surface area contributed by atoms with E-state index in [-0.39, 0.29) is 11.6 Å². The lowest BCUT2D eigenvalue weighted by Gasteiger charge is -2.14. The van der Waals surface area contributed by atoms with Crippen molar-refractivity contribution in [3.05, 3.63) is 22.8 Å². The Morgan fingerprint density at radius 2 is 2.44 bits per heavy atom. The molecule has 0 saturated heterocycles. The number of halogens is 1. The van der Waals surface area contributed by atoms with Crippen LogP contribution in [0.5, 0.6) is 0 Å². The van der Waals surface area contributed by atoms with E-state index in [9.17, 15) is 4.79 Å². The number of pyridine rings is 1. The Bertz CT molecular complexity index is 387. The molecule has 1 heterocycles. The van der Waals surface area contributed by atoms with Crippen molar-refractivity contribution in [2.45, 2.75) is 13.0 Å². The first kappa shape index (κ1) is 13.1. The molecular formula is C10H13ClN2O2S. The van der Waals surface area contributed by atoms with Crippen LogP contribution in [0.2, 0.25) is 5.02 Å². The maximum Gasteiger partial charge on any atom is 0.337 e. The number of hydrogen-bond donors (Lipinski definition) is 2. The van der Waals surface area contributed by atoms with E-state index in [4.69, 9.17) is 16.7 Å². The minimum Gasteiger partial charge on any atom is -0.478 e. The highest BCUT2D eigenvalue weighted by molar-refractivity contribution is 7.98. The van der Waals surface area contributed by atoms with Gasteiger partial charge in [-0.25, -0.2) is 9.78 Å². The van der Waals surface area contributed by atoms with Gasteiger partial charge in [-0.1, -0.05) is 11.6 Å². The minimum atomic E-state index is -1.03. The highest BCUT2D eigenvalue weighted by Crippen LogP contribution is 2.21. The van der Waals surface area contributed by atoms with Crippen LogP contribution in [0.3, 0.4) is 0 Å². The maximum absolute atomic E-state index is 10.7. The van der Waals surface area contributed by atoms with E-state index in [1.807, 2.05) is 13.2 Å². The second kappa shape index (κ2) is 5.96. The highest BCUT2D eigenvalue weighted by Gasteiger charge is 2.10. The number of aromatic carboxylic acids is 1. The second-order valence-corrected chi connectivity index (χ2v) is 4.68. The molecule has 0 amide bonds. The Balaban J connectivity index is 2.79. The molecule has 0 radical (unpaired) electrons. The van der Waals surface area contributed by atoms with Gasteiger partial charge in [-0.3, -0.25) is 0 Å². The molecule has 1 aromatic rings. The molecule has 0 bridgehead atoms. The number of carbonyl (C=O) groups is 1. The van der Waals surface area contributed by atoms with Gasteiger partial charge in [-0.15, -0.1) is 0 Å². The zero-order valence-electron chi connectivity index (χ0n) is 9.03. The van der Waals surface area contributed by atoms with E-state index in [0.717, 1.165) is 5.75 Å². The van der Waals surface area contributed by atoms with Crippen molar-refractivity contribution in [1.82, 2.24) is 4.98 Å². The van der Waals surface area contributed by atoms with Crippen LogP contribution in [0.4, 0.5) is 5.82 Å². The number of carboxylic acids is 1. The van der Waals surface area contributed by atoms with Gasteiger partial charge in [-0.2, -0.15) is 11.8 Å². The molecule has 1 atom stereocenters. The average Bonchev–Trinajstić information content (AvgIpc) is 2.21. The molecule has 0 saturated carbocycles. The lowest BCUT2D eigenvalue weighted by molar-refractivity contribution is 0.0696. The van der Waals surface area contributed by atoms with Gasteiger partial charge in [0.25, 0.3) is 0 Å². The average molecular weight is 261 g/mol. The monoisotopic (exact) mass is 260 g/mol. The third-order valence-corrected chi connectivity index (χ3v) is 3.01. The van der Waals surface area contributed by atoms with Crippen molar-refractivity contribution >= 4 is 35.1 Å². The number of rotatable bonds is 5. The summed E-state index contributed by atoms with van der Waals surface area (Å²) in [6.07, 6.45) is 3.31. The molecule has 0 aromatic carbocycles. The predicted octanol–water partition coefficient (Wildman–Crippen LogP) is 2.60. The van der Waals surface area contributed by atoms with E-state index in [1.54, 1.807) is 11.8 Å². The van der Waals surface area contributed by atoms with Gasteiger partial charge in [-0.05, 0) is 19.2 Å². The van der Waals surface area contributed by atoms with Crippen molar-refractivity contribution in [2.24, 2.45) is 0 Å². The molecule has 6 heteroatoms. The summed E-state index contributed by atoms with van der Waals surface area (Å²) >= 11 is 7.64. The molecule has 0 aliphatic heterocycles. The third-order valence-electron chi connectivity index (χ3n) is 1.89. The summed E-state index contributed by atoms with van der Waals surface area (Å²) in [4.78, 5) is 14.7. The Kier molecular flexibility index (Phi) is 4.89. The van der Waals surface area contributed by atoms with E-state index in [2.05, 4.69) is 10.3 Å². The summed E-state index contributed by atoms with van der Waals surface area (Å²) in [6, 6.07) is 1.63. The van der Waals surface area contributed by atoms with Crippen molar-refractivity contribution in [3.63, 3.8) is 0 Å². The standard InChI is InChI=1S/C10H13ClN2O2S/c1-6(5-16-2)13-9-8(11)3-7(4-12-9)10(14)15/h3-4,6H,5H2,1-2H3,(H,12,13)(H,14,15). The molecule has 1 unspecified atom stereocenters. The first-order chi connectivity index (χ1) is 7.54. The normalized spacial score (nSPS) is 12.2. The largest absolute Gasteiger partial charge is 0.478 e. The van der Waals surface area contributed by atoms with Gasteiger partial charge in [0.15, 0.2) is 0 Å². The van der Waals surface area contributed by atoms with Crippen LogP contribution < -0.4 is 5.32 Å². The fourth-order valence-corrected chi connectivity index (χ4v) is 1.99. The van der Waals surface area contributed by atoms with Gasteiger partial charge in [0.05, 0.1) is 10.6 Å². The quantitative estimate of drug-likeness (QED) is 0.852. The van der Waals surface area contributed by atoms with Gasteiger partial charge in [0, 0.05) is 18.0 Å². The second-order valence-electron chi connectivity index (χ2n) is 3.36. The van der Waals surface area contributed by atoms with Crippen molar-refractivity contribution in [2.75, 3.05) is 17.3 Å². The Morgan fingerprint density at radius 3 is 2.94 bits per heavy atom. The number of nitrogens with one attached hydrogen (secondary N) is 1. The predicted molar refractivity (Wildman–Crippen MR) is 67.7 cm³/mol. The third kappa shape index (κ3) is 3.57. The van der Waals surface area contributed by atoms with Gasteiger partial charge in [0.2, 0.25) is 0 Å². The fraction of sp³-hybridized carbons (Fsp3) is 0.400. The molecule has 1 aromatic heterocycles. The van der Waals surface area contributed by atoms with Crippen LogP contribution in [-0.4, -0.2) is 34.1 Å². The smallest absolute Gasteiger partial charge is 0.337 e. The SMILES string of the molecule is CSCC(C)Nc1ncc(C(=O)O)cc1Cl. The summed E-state index contributed by atoms with van der Waals surface area (Å²) in [5, 5.41) is 12.2. The van der Waals surface area contributed by atoms with Gasteiger partial charge < -0.3 is 10.4 Å². The van der Waals surface area contributed by atoms with Crippen LogP contribution in [0.15, 0.2) is 12.3 Å². The Hall–Kier alpha value is -0.940. The van der Waals surface area contributed by atoms with Gasteiger partial charge >= 0.3 is 5.97 Å². The molecule has 0 aliphatic carbocycles. The highest BCUT2D eigenvalue weighted by atomic mass is 35.5. The van der Waals surface area contributed by atoms with Crippen LogP contribution in [0, 0.1) is 0 Å². The Labute approximate surface area is 103 Å². The first-order valence-electron chi connectivity index (χ1n) is 4.69. The summed E-state index contributed by atoms with van der Waals surface area (Å²) in [7, 11) is 0. The molecule has 16 heavy (non-hydrogen) atoms. The van der Waals surface area contributed by atoms with Crippen LogP contribution in [0.25, 0.3) is 0 Å². The topological polar surface area (TPSA) is 62.2 Å². The van der Waals surface area contributed by atoms with E-state index in [1.165, 1.54) is 12.3 Å². The number of anilines is 1. The molecule has 0 aliphatic rings. The first-order valence-corrected chi connectivity index (χ1v) is 6.46. The molecule has 1 rings (SSSR count). The van der Waals surface area contributed by atoms with E-state index >= 15 is 0 Å². The van der Waals surface area contributed by atoms with Crippen LogP contribution in [-0.2, 0) is 0 Å². The summed E-state index contributed by atoms with van der Waals surface area (Å²) in [5.41, 5.74) is 0.0908. The molecule has 0 spiro atoms. The zero-order chi connectivity index (χ0) is 12.1. The summed E-state index contributed by atoms with van der Waals surface area (Å²) < 4.78 is 0. The van der Waals surface area contributed by atoms with Crippen molar-refractivity contribution in [1.29, 1.82) is 0 Å². The molecule has 88 valence electrons. The van der Waals surface area contributed by atoms with Crippen molar-refractivity contribution in [3.8, 4) is 0 Å². The molecule has 4 nitrogen and oxygen atoms in total. The lowest BCUT2D eigenvalue weighted by Crippen LogP contribution is -2.19. The number of thioether (sulfide) groups is 1. The number of nitrogens with zero attached hydrogens (tertiary/aromatic N) is 1. The minimum absolute atomic E-state index is 0.0908. The zero-order valence-corrected chi connectivity index (χ0v) is 10.6. The molecule has 0 fully saturated rings. The van der Waals surface area contributed by atoms with E-state index < -0.39 is 5.97 Å². The number of carboxylic acid groups (broad SMARTS) is 1. The number of hydrogen-bond acceptors (Lipinski definition) is 4.